The van der Waals surface area contributed by atoms with Gasteiger partial charge >= 0.3 is 17.9 Å². The maximum atomic E-state index is 12.9. The first-order valence-corrected chi connectivity index (χ1v) is 33.5. The number of carbonyl (C=O) groups excluding carboxylic acids is 3. The van der Waals surface area contributed by atoms with Crippen molar-refractivity contribution in [1.82, 2.24) is 0 Å². The molecule has 0 saturated carbocycles. The fourth-order valence-electron chi connectivity index (χ4n) is 10.1. The zero-order valence-corrected chi connectivity index (χ0v) is 50.6. The number of esters is 3. The van der Waals surface area contributed by atoms with Crippen molar-refractivity contribution in [3.63, 3.8) is 0 Å². The van der Waals surface area contributed by atoms with Crippen LogP contribution in [-0.2, 0) is 28.6 Å². The molecule has 0 unspecified atom stereocenters. The van der Waals surface area contributed by atoms with Gasteiger partial charge in [0.15, 0.2) is 6.10 Å². The smallest absolute Gasteiger partial charge is 0.306 e. The van der Waals surface area contributed by atoms with Crippen LogP contribution >= 0.6 is 0 Å². The summed E-state index contributed by atoms with van der Waals surface area (Å²) in [6.45, 7) is 6.68. The molecule has 0 amide bonds. The predicted octanol–water partition coefficient (Wildman–Crippen LogP) is 22.8. The molecule has 0 rings (SSSR count). The van der Waals surface area contributed by atoms with E-state index >= 15 is 0 Å². The van der Waals surface area contributed by atoms with Crippen molar-refractivity contribution < 1.29 is 28.6 Å². The Morgan fingerprint density at radius 2 is 0.480 bits per heavy atom. The van der Waals surface area contributed by atoms with E-state index in [0.29, 0.717) is 19.3 Å². The van der Waals surface area contributed by atoms with E-state index in [4.69, 9.17) is 14.2 Å². The summed E-state index contributed by atoms with van der Waals surface area (Å²) in [4.78, 5) is 38.4. The van der Waals surface area contributed by atoms with Crippen molar-refractivity contribution in [1.29, 1.82) is 0 Å². The van der Waals surface area contributed by atoms with Gasteiger partial charge in [-0.15, -0.1) is 0 Å². The van der Waals surface area contributed by atoms with Gasteiger partial charge in [-0.1, -0.05) is 308 Å². The summed E-state index contributed by atoms with van der Waals surface area (Å²) in [6, 6.07) is 0. The Morgan fingerprint density at radius 1 is 0.267 bits per heavy atom. The predicted molar refractivity (Wildman–Crippen MR) is 326 cm³/mol. The molecule has 6 heteroatoms. The molecule has 0 aromatic carbocycles. The van der Waals surface area contributed by atoms with Crippen LogP contribution in [0.25, 0.3) is 0 Å². The number of ether oxygens (including phenoxy) is 3. The minimum Gasteiger partial charge on any atom is -0.462 e. The zero-order valence-electron chi connectivity index (χ0n) is 50.6. The summed E-state index contributed by atoms with van der Waals surface area (Å²) >= 11 is 0. The van der Waals surface area contributed by atoms with Crippen LogP contribution in [-0.4, -0.2) is 37.2 Å². The van der Waals surface area contributed by atoms with Gasteiger partial charge < -0.3 is 14.2 Å². The number of rotatable bonds is 62. The Balaban J connectivity index is 4.33. The van der Waals surface area contributed by atoms with Crippen molar-refractivity contribution in [2.75, 3.05) is 13.2 Å². The van der Waals surface area contributed by atoms with Gasteiger partial charge in [0, 0.05) is 19.3 Å². The topological polar surface area (TPSA) is 78.9 Å². The SMILES string of the molecule is CCCCC/C=C\C/C=C\CCCCCCCCCCCC(=O)O[C@H](COC(=O)CCCCCCCCCCC/C=C\CCCCCCCC)COC(=O)CCCCCCCCCCCCCCCCCCCCC. The van der Waals surface area contributed by atoms with Gasteiger partial charge in [0.05, 0.1) is 0 Å². The number of allylic oxidation sites excluding steroid dienone is 6. The van der Waals surface area contributed by atoms with Crippen LogP contribution in [0.3, 0.4) is 0 Å². The van der Waals surface area contributed by atoms with Crippen LogP contribution in [0.2, 0.25) is 0 Å². The second kappa shape index (κ2) is 64.2. The molecule has 0 aromatic rings. The van der Waals surface area contributed by atoms with Gasteiger partial charge in [-0.2, -0.15) is 0 Å². The van der Waals surface area contributed by atoms with E-state index in [0.717, 1.165) is 64.2 Å². The molecule has 0 N–H and O–H groups in total. The van der Waals surface area contributed by atoms with E-state index in [9.17, 15) is 14.4 Å². The van der Waals surface area contributed by atoms with Gasteiger partial charge in [-0.3, -0.25) is 14.4 Å². The van der Waals surface area contributed by atoms with E-state index in [1.54, 1.807) is 0 Å². The van der Waals surface area contributed by atoms with Crippen molar-refractivity contribution in [2.45, 2.75) is 374 Å². The molecule has 0 radical (unpaired) electrons. The zero-order chi connectivity index (χ0) is 54.3. The summed E-state index contributed by atoms with van der Waals surface area (Å²) in [5, 5.41) is 0. The molecule has 440 valence electrons. The number of unbranched alkanes of at least 4 members (excludes halogenated alkanes) is 45. The fourth-order valence-corrected chi connectivity index (χ4v) is 10.1. The van der Waals surface area contributed by atoms with Crippen molar-refractivity contribution in [3.05, 3.63) is 36.5 Å². The standard InChI is InChI=1S/C69H128O6/c1-4-7-10-13-16-19-22-25-28-31-34-37-40-43-46-49-52-55-58-61-67(70)73-64-66(75-69(72)63-60-57-54-51-48-45-42-39-36-33-30-27-24-21-18-15-12-9-6-3)65-74-68(71)62-59-56-53-50-47-44-41-38-35-32-29-26-23-20-17-14-11-8-5-2/h18,21,25,27-28,30,66H,4-17,19-20,22-24,26,29,31-65H2,1-3H3/b21-18-,28-25-,30-27-/t66-/m1/s1. The van der Waals surface area contributed by atoms with E-state index < -0.39 is 6.10 Å². The summed E-state index contributed by atoms with van der Waals surface area (Å²) < 4.78 is 17.0. The Hall–Kier alpha value is -2.37. The lowest BCUT2D eigenvalue weighted by molar-refractivity contribution is -0.167. The van der Waals surface area contributed by atoms with Crippen molar-refractivity contribution in [3.8, 4) is 0 Å². The molecule has 0 aliphatic rings. The normalized spacial score (nSPS) is 12.2. The first kappa shape index (κ1) is 72.6. The Morgan fingerprint density at radius 3 is 0.773 bits per heavy atom. The largest absolute Gasteiger partial charge is 0.462 e. The van der Waals surface area contributed by atoms with Gasteiger partial charge in [0.2, 0.25) is 0 Å². The monoisotopic (exact) mass is 1050 g/mol. The molecule has 0 heterocycles. The quantitative estimate of drug-likeness (QED) is 0.0261. The highest BCUT2D eigenvalue weighted by Crippen LogP contribution is 2.18. The lowest BCUT2D eigenvalue weighted by Gasteiger charge is -2.18. The highest BCUT2D eigenvalue weighted by atomic mass is 16.6. The second-order valence-corrected chi connectivity index (χ2v) is 22.7. The first-order valence-electron chi connectivity index (χ1n) is 33.5. The summed E-state index contributed by atoms with van der Waals surface area (Å²) in [5.41, 5.74) is 0. The first-order chi connectivity index (χ1) is 37.0. The summed E-state index contributed by atoms with van der Waals surface area (Å²) in [6.07, 6.45) is 78.6. The minimum absolute atomic E-state index is 0.0697. The maximum Gasteiger partial charge on any atom is 0.306 e. The van der Waals surface area contributed by atoms with Crippen molar-refractivity contribution in [2.24, 2.45) is 0 Å². The molecule has 0 fully saturated rings. The molecule has 0 aliphatic heterocycles. The molecule has 0 spiro atoms. The highest BCUT2D eigenvalue weighted by Gasteiger charge is 2.19. The Labute approximate surface area is 467 Å². The maximum absolute atomic E-state index is 12.9. The van der Waals surface area contributed by atoms with Gasteiger partial charge in [-0.05, 0) is 77.0 Å². The third-order valence-electron chi connectivity index (χ3n) is 15.1. The summed E-state index contributed by atoms with van der Waals surface area (Å²) in [7, 11) is 0. The van der Waals surface area contributed by atoms with Crippen molar-refractivity contribution >= 4 is 17.9 Å². The molecule has 0 aromatic heterocycles. The van der Waals surface area contributed by atoms with Crippen LogP contribution in [0, 0.1) is 0 Å². The number of hydrogen-bond donors (Lipinski definition) is 0. The van der Waals surface area contributed by atoms with E-state index in [-0.39, 0.29) is 31.1 Å². The van der Waals surface area contributed by atoms with Gasteiger partial charge in [-0.25, -0.2) is 0 Å². The average molecular weight is 1050 g/mol. The van der Waals surface area contributed by atoms with Gasteiger partial charge in [0.25, 0.3) is 0 Å². The molecule has 6 nitrogen and oxygen atoms in total. The third kappa shape index (κ3) is 62.4. The Bertz CT molecular complexity index is 1250. The molecular weight excluding hydrogens is 925 g/mol. The molecule has 75 heavy (non-hydrogen) atoms. The average Bonchev–Trinajstić information content (AvgIpc) is 3.41. The molecule has 0 saturated heterocycles. The molecule has 1 atom stereocenters. The Kier molecular flexibility index (Phi) is 62.1. The van der Waals surface area contributed by atoms with E-state index in [1.165, 1.54) is 263 Å². The van der Waals surface area contributed by atoms with Crippen LogP contribution in [0.4, 0.5) is 0 Å². The van der Waals surface area contributed by atoms with Crippen LogP contribution in [0.1, 0.15) is 367 Å². The molecule has 0 aliphatic carbocycles. The number of hydrogen-bond acceptors (Lipinski definition) is 6. The minimum atomic E-state index is -0.774. The lowest BCUT2D eigenvalue weighted by atomic mass is 10.0. The second-order valence-electron chi connectivity index (χ2n) is 22.7. The fraction of sp³-hybridized carbons (Fsp3) is 0.870. The van der Waals surface area contributed by atoms with Crippen LogP contribution in [0.15, 0.2) is 36.5 Å². The third-order valence-corrected chi connectivity index (χ3v) is 15.1. The lowest BCUT2D eigenvalue weighted by Crippen LogP contribution is -2.30. The van der Waals surface area contributed by atoms with E-state index in [1.807, 2.05) is 0 Å². The van der Waals surface area contributed by atoms with Gasteiger partial charge in [0.1, 0.15) is 13.2 Å². The summed E-state index contributed by atoms with van der Waals surface area (Å²) in [5.74, 6) is -0.849. The van der Waals surface area contributed by atoms with Crippen LogP contribution in [0.5, 0.6) is 0 Å². The molecular formula is C69H128O6. The number of carbonyl (C=O) groups is 3. The van der Waals surface area contributed by atoms with Crippen LogP contribution < -0.4 is 0 Å². The molecule has 0 bridgehead atoms. The highest BCUT2D eigenvalue weighted by molar-refractivity contribution is 5.71. The van der Waals surface area contributed by atoms with E-state index in [2.05, 4.69) is 57.2 Å².